The summed E-state index contributed by atoms with van der Waals surface area (Å²) in [6.07, 6.45) is 4.54. The summed E-state index contributed by atoms with van der Waals surface area (Å²) >= 11 is 0. The van der Waals surface area contributed by atoms with Crippen LogP contribution in [-0.4, -0.2) is 49.2 Å². The molecule has 1 saturated heterocycles. The van der Waals surface area contributed by atoms with Crippen molar-refractivity contribution in [1.82, 2.24) is 19.5 Å². The van der Waals surface area contributed by atoms with E-state index in [1.54, 1.807) is 26.4 Å². The van der Waals surface area contributed by atoms with E-state index >= 15 is 0 Å². The van der Waals surface area contributed by atoms with E-state index in [-0.39, 0.29) is 18.4 Å². The molecule has 3 heterocycles. The third kappa shape index (κ3) is 2.88. The van der Waals surface area contributed by atoms with Crippen molar-refractivity contribution in [1.29, 1.82) is 0 Å². The number of aromatic nitrogens is 4. The maximum absolute atomic E-state index is 9.82. The van der Waals surface area contributed by atoms with Crippen LogP contribution in [-0.2, 0) is 9.47 Å². The van der Waals surface area contributed by atoms with Crippen LogP contribution < -0.4 is 5.73 Å². The highest BCUT2D eigenvalue weighted by molar-refractivity contribution is 5.68. The highest BCUT2D eigenvalue weighted by atomic mass is 16.6. The minimum atomic E-state index is -1.23. The Balaban J connectivity index is 1.84. The zero-order chi connectivity index (χ0) is 15.0. The molecule has 3 atom stereocenters. The Morgan fingerprint density at radius 1 is 1.52 bits per heavy atom. The molecule has 0 aromatic carbocycles. The Kier molecular flexibility index (Phi) is 3.62. The first-order valence-corrected chi connectivity index (χ1v) is 6.86. The summed E-state index contributed by atoms with van der Waals surface area (Å²) in [5.74, 6) is -1.23. The smallest absolute Gasteiger partial charge is 0.165 e. The van der Waals surface area contributed by atoms with Crippen LogP contribution in [0.15, 0.2) is 18.9 Å². The van der Waals surface area contributed by atoms with Gasteiger partial charge in [-0.1, -0.05) is 0 Å². The number of aliphatic hydroxyl groups is 1. The van der Waals surface area contributed by atoms with Crippen LogP contribution in [0.5, 0.6) is 0 Å². The quantitative estimate of drug-likeness (QED) is 0.774. The molecular weight excluding hydrogens is 274 g/mol. The molecule has 0 amide bonds. The number of ether oxygens (including phenoxy) is 2. The molecule has 0 saturated carbocycles. The summed E-state index contributed by atoms with van der Waals surface area (Å²) in [4.78, 5) is 12.4. The van der Waals surface area contributed by atoms with Crippen molar-refractivity contribution in [2.45, 2.75) is 44.5 Å². The van der Waals surface area contributed by atoms with Crippen molar-refractivity contribution in [3.05, 3.63) is 18.9 Å². The number of hydrogen-bond donors (Lipinski definition) is 2. The lowest BCUT2D eigenvalue weighted by atomic mass is 10.1. The van der Waals surface area contributed by atoms with Crippen LogP contribution in [0.2, 0.25) is 0 Å². The average Bonchev–Trinajstić information content (AvgIpc) is 3.00. The molecule has 2 aromatic rings. The van der Waals surface area contributed by atoms with E-state index in [4.69, 9.17) is 15.2 Å². The number of rotatable bonds is 4. The van der Waals surface area contributed by atoms with E-state index in [0.29, 0.717) is 24.1 Å². The summed E-state index contributed by atoms with van der Waals surface area (Å²) in [6, 6.07) is 0. The summed E-state index contributed by atoms with van der Waals surface area (Å²) in [7, 11) is 0. The largest absolute Gasteiger partial charge is 0.366 e. The highest BCUT2D eigenvalue weighted by Crippen LogP contribution is 2.33. The van der Waals surface area contributed by atoms with Crippen molar-refractivity contribution < 1.29 is 14.6 Å². The minimum absolute atomic E-state index is 0.272. The van der Waals surface area contributed by atoms with Crippen LogP contribution in [0.1, 0.15) is 26.5 Å². The lowest BCUT2D eigenvalue weighted by Gasteiger charge is -2.25. The van der Waals surface area contributed by atoms with Gasteiger partial charge in [0, 0.05) is 13.0 Å². The Morgan fingerprint density at radius 3 is 3.05 bits per heavy atom. The zero-order valence-electron chi connectivity index (χ0n) is 12.0. The normalized spacial score (nSPS) is 26.6. The number of nitrogens with zero attached hydrogens (tertiary/aromatic N) is 4. The standard InChI is InChI=1S/C13H19N5O3/c1-13(2,19)21-9-3-11(20-10(9)4-14)18-7-17-8-5-15-6-16-12(8)18/h5-7,9-11,19H,3-4,14H2,1-2H3. The molecule has 1 aliphatic rings. The van der Waals surface area contributed by atoms with Gasteiger partial charge in [-0.05, 0) is 13.8 Å². The summed E-state index contributed by atoms with van der Waals surface area (Å²) in [5, 5.41) is 9.82. The molecular formula is C13H19N5O3. The number of hydrogen-bond acceptors (Lipinski definition) is 7. The van der Waals surface area contributed by atoms with Gasteiger partial charge in [0.15, 0.2) is 11.4 Å². The van der Waals surface area contributed by atoms with Gasteiger partial charge >= 0.3 is 0 Å². The molecule has 1 aliphatic heterocycles. The Morgan fingerprint density at radius 2 is 2.33 bits per heavy atom. The second-order valence-electron chi connectivity index (χ2n) is 5.59. The first-order chi connectivity index (χ1) is 9.98. The topological polar surface area (TPSA) is 108 Å². The number of fused-ring (bicyclic) bond motifs is 1. The zero-order valence-corrected chi connectivity index (χ0v) is 12.0. The van der Waals surface area contributed by atoms with Gasteiger partial charge in [0.2, 0.25) is 0 Å². The molecule has 21 heavy (non-hydrogen) atoms. The molecule has 1 fully saturated rings. The van der Waals surface area contributed by atoms with Crippen molar-refractivity contribution in [2.75, 3.05) is 6.54 Å². The van der Waals surface area contributed by atoms with Gasteiger partial charge in [0.25, 0.3) is 0 Å². The maximum atomic E-state index is 9.82. The average molecular weight is 293 g/mol. The SMILES string of the molecule is CC(C)(O)OC1CC(n2cnc3cncnc32)OC1CN. The molecule has 0 spiro atoms. The number of nitrogens with two attached hydrogens (primary N) is 1. The van der Waals surface area contributed by atoms with Gasteiger partial charge in [-0.15, -0.1) is 0 Å². The van der Waals surface area contributed by atoms with E-state index in [1.807, 2.05) is 4.57 Å². The van der Waals surface area contributed by atoms with Crippen LogP contribution in [0.4, 0.5) is 0 Å². The van der Waals surface area contributed by atoms with Gasteiger partial charge in [-0.3, -0.25) is 4.57 Å². The maximum Gasteiger partial charge on any atom is 0.165 e. The van der Waals surface area contributed by atoms with Gasteiger partial charge in [-0.25, -0.2) is 15.0 Å². The van der Waals surface area contributed by atoms with Gasteiger partial charge in [0.05, 0.1) is 24.7 Å². The first-order valence-electron chi connectivity index (χ1n) is 6.86. The predicted octanol–water partition coefficient (Wildman–Crippen LogP) is 0.186. The van der Waals surface area contributed by atoms with Gasteiger partial charge in [0.1, 0.15) is 18.1 Å². The van der Waals surface area contributed by atoms with Crippen molar-refractivity contribution in [3.63, 3.8) is 0 Å². The van der Waals surface area contributed by atoms with E-state index in [0.717, 1.165) is 0 Å². The predicted molar refractivity (Wildman–Crippen MR) is 74.1 cm³/mol. The second-order valence-corrected chi connectivity index (χ2v) is 5.59. The molecule has 3 rings (SSSR count). The van der Waals surface area contributed by atoms with E-state index in [2.05, 4.69) is 15.0 Å². The van der Waals surface area contributed by atoms with Crippen LogP contribution in [0.3, 0.4) is 0 Å². The Labute approximate surface area is 121 Å². The molecule has 8 nitrogen and oxygen atoms in total. The molecule has 0 bridgehead atoms. The van der Waals surface area contributed by atoms with Gasteiger partial charge < -0.3 is 20.3 Å². The molecule has 3 N–H and O–H groups in total. The van der Waals surface area contributed by atoms with Crippen LogP contribution in [0, 0.1) is 0 Å². The summed E-state index contributed by atoms with van der Waals surface area (Å²) in [6.45, 7) is 3.50. The fourth-order valence-corrected chi connectivity index (χ4v) is 2.57. The lowest BCUT2D eigenvalue weighted by molar-refractivity contribution is -0.213. The Hall–Kier alpha value is -1.61. The van der Waals surface area contributed by atoms with Crippen molar-refractivity contribution in [2.24, 2.45) is 5.73 Å². The van der Waals surface area contributed by atoms with E-state index < -0.39 is 5.79 Å². The fourth-order valence-electron chi connectivity index (χ4n) is 2.57. The lowest BCUT2D eigenvalue weighted by Crippen LogP contribution is -2.38. The molecule has 8 heteroatoms. The van der Waals surface area contributed by atoms with Gasteiger partial charge in [-0.2, -0.15) is 0 Å². The Bertz CT molecular complexity index is 624. The molecule has 114 valence electrons. The summed E-state index contributed by atoms with van der Waals surface area (Å²) < 4.78 is 13.4. The van der Waals surface area contributed by atoms with Crippen molar-refractivity contribution in [3.8, 4) is 0 Å². The summed E-state index contributed by atoms with van der Waals surface area (Å²) in [5.41, 5.74) is 7.14. The number of imidazole rings is 1. The third-order valence-electron chi connectivity index (χ3n) is 3.40. The molecule has 2 aromatic heterocycles. The monoisotopic (exact) mass is 293 g/mol. The van der Waals surface area contributed by atoms with Crippen molar-refractivity contribution >= 4 is 11.2 Å². The molecule has 0 aliphatic carbocycles. The molecule has 3 unspecified atom stereocenters. The highest BCUT2D eigenvalue weighted by Gasteiger charge is 2.39. The first kappa shape index (κ1) is 14.3. The third-order valence-corrected chi connectivity index (χ3v) is 3.40. The fraction of sp³-hybridized carbons (Fsp3) is 0.615. The second kappa shape index (κ2) is 5.30. The van der Waals surface area contributed by atoms with E-state index in [9.17, 15) is 5.11 Å². The minimum Gasteiger partial charge on any atom is -0.366 e. The van der Waals surface area contributed by atoms with Crippen LogP contribution >= 0.6 is 0 Å². The van der Waals surface area contributed by atoms with E-state index in [1.165, 1.54) is 6.33 Å². The van der Waals surface area contributed by atoms with Crippen LogP contribution in [0.25, 0.3) is 11.2 Å². The molecule has 0 radical (unpaired) electrons.